The van der Waals surface area contributed by atoms with Gasteiger partial charge in [-0.05, 0) is 43.9 Å². The van der Waals surface area contributed by atoms with E-state index < -0.39 is 0 Å². The Balaban J connectivity index is 1.77. The van der Waals surface area contributed by atoms with Crippen molar-refractivity contribution in [3.63, 3.8) is 0 Å². The van der Waals surface area contributed by atoms with E-state index in [0.29, 0.717) is 36.2 Å². The second-order valence-electron chi connectivity index (χ2n) is 8.70. The molecule has 0 saturated heterocycles. The molecule has 3 saturated carbocycles. The van der Waals surface area contributed by atoms with E-state index in [2.05, 4.69) is 19.9 Å². The predicted molar refractivity (Wildman–Crippen MR) is 85.1 cm³/mol. The Morgan fingerprint density at radius 2 is 1.91 bits per heavy atom. The van der Waals surface area contributed by atoms with E-state index in [1.165, 1.54) is 5.57 Å². The molecule has 0 spiro atoms. The lowest BCUT2D eigenvalue weighted by molar-refractivity contribution is -0.128. The Hall–Kier alpha value is -0.960. The fourth-order valence-corrected chi connectivity index (χ4v) is 6.17. The summed E-state index contributed by atoms with van der Waals surface area (Å²) in [6, 6.07) is 0. The number of ketones is 2. The molecule has 3 nitrogen and oxygen atoms in total. The van der Waals surface area contributed by atoms with Crippen LogP contribution in [0.2, 0.25) is 0 Å². The van der Waals surface area contributed by atoms with Crippen molar-refractivity contribution in [3.8, 4) is 0 Å². The third-order valence-corrected chi connectivity index (χ3v) is 7.82. The number of fused-ring (bicyclic) bond motifs is 5. The molecule has 0 heterocycles. The molecule has 4 rings (SSSR count). The van der Waals surface area contributed by atoms with Crippen molar-refractivity contribution in [3.05, 3.63) is 11.6 Å². The topological polar surface area (TPSA) is 60.2 Å². The first kappa shape index (κ1) is 14.6. The summed E-state index contributed by atoms with van der Waals surface area (Å²) in [5.74, 6) is 1.80. The molecule has 0 aromatic heterocycles. The summed E-state index contributed by atoms with van der Waals surface area (Å²) in [7, 11) is 0. The summed E-state index contributed by atoms with van der Waals surface area (Å²) in [6.45, 7) is 4.47. The van der Waals surface area contributed by atoms with E-state index in [1.807, 2.05) is 0 Å². The van der Waals surface area contributed by atoms with Crippen molar-refractivity contribution in [2.45, 2.75) is 70.8 Å². The highest BCUT2D eigenvalue weighted by molar-refractivity contribution is 5.87. The summed E-state index contributed by atoms with van der Waals surface area (Å²) in [6.07, 6.45) is 9.10. The largest absolute Gasteiger partial charge is 0.324 e. The van der Waals surface area contributed by atoms with Crippen LogP contribution in [0.25, 0.3) is 0 Å². The lowest BCUT2D eigenvalue weighted by atomic mass is 9.47. The number of carbonyl (C=O) groups is 2. The third kappa shape index (κ3) is 1.61. The van der Waals surface area contributed by atoms with Crippen molar-refractivity contribution >= 4 is 11.6 Å². The molecule has 0 aromatic carbocycles. The van der Waals surface area contributed by atoms with E-state index in [9.17, 15) is 9.59 Å². The number of rotatable bonds is 0. The lowest BCUT2D eigenvalue weighted by Crippen LogP contribution is -2.63. The van der Waals surface area contributed by atoms with Gasteiger partial charge in [0.05, 0.1) is 0 Å². The first-order chi connectivity index (χ1) is 10.3. The minimum absolute atomic E-state index is 0.0448. The molecular formula is C19H27NO2. The smallest absolute Gasteiger partial charge is 0.139 e. The van der Waals surface area contributed by atoms with Crippen LogP contribution in [0.4, 0.5) is 0 Å². The summed E-state index contributed by atoms with van der Waals surface area (Å²) < 4.78 is 0. The number of nitrogens with two attached hydrogens (primary N) is 1. The highest BCUT2D eigenvalue weighted by atomic mass is 16.1. The van der Waals surface area contributed by atoms with E-state index in [-0.39, 0.29) is 16.4 Å². The summed E-state index contributed by atoms with van der Waals surface area (Å²) in [4.78, 5) is 24.3. The van der Waals surface area contributed by atoms with Gasteiger partial charge >= 0.3 is 0 Å². The Bertz CT molecular complexity index is 594. The molecule has 0 aromatic rings. The molecule has 0 bridgehead atoms. The van der Waals surface area contributed by atoms with Crippen LogP contribution in [-0.2, 0) is 9.59 Å². The van der Waals surface area contributed by atoms with Gasteiger partial charge in [0.25, 0.3) is 0 Å². The van der Waals surface area contributed by atoms with Crippen molar-refractivity contribution in [1.29, 1.82) is 0 Å². The highest BCUT2D eigenvalue weighted by Gasteiger charge is 2.60. The van der Waals surface area contributed by atoms with Crippen LogP contribution in [0.5, 0.6) is 0 Å². The third-order valence-electron chi connectivity index (χ3n) is 7.82. The van der Waals surface area contributed by atoms with E-state index in [1.54, 1.807) is 0 Å². The summed E-state index contributed by atoms with van der Waals surface area (Å²) in [5, 5.41) is 0. The van der Waals surface area contributed by atoms with Gasteiger partial charge in [0, 0.05) is 35.6 Å². The van der Waals surface area contributed by atoms with Crippen molar-refractivity contribution < 1.29 is 9.59 Å². The Morgan fingerprint density at radius 3 is 2.68 bits per heavy atom. The van der Waals surface area contributed by atoms with Crippen molar-refractivity contribution in [1.82, 2.24) is 0 Å². The number of allylic oxidation sites excluding steroid dienone is 1. The maximum Gasteiger partial charge on any atom is 0.139 e. The Kier molecular flexibility index (Phi) is 2.87. The number of Topliss-reactive ketones (excluding diaryl/α,β-unsaturated/α-hetero) is 2. The quantitative estimate of drug-likeness (QED) is 0.699. The van der Waals surface area contributed by atoms with Gasteiger partial charge in [0.15, 0.2) is 0 Å². The second kappa shape index (κ2) is 4.31. The molecule has 0 aliphatic heterocycles. The van der Waals surface area contributed by atoms with Gasteiger partial charge in [-0.2, -0.15) is 0 Å². The van der Waals surface area contributed by atoms with Gasteiger partial charge in [0.2, 0.25) is 0 Å². The minimum Gasteiger partial charge on any atom is -0.324 e. The number of hydrogen-bond donors (Lipinski definition) is 1. The molecule has 2 N–H and O–H groups in total. The first-order valence-corrected chi connectivity index (χ1v) is 8.85. The molecule has 4 aliphatic carbocycles. The Morgan fingerprint density at radius 1 is 1.14 bits per heavy atom. The average molecular weight is 301 g/mol. The molecule has 0 radical (unpaired) electrons. The molecular weight excluding hydrogens is 274 g/mol. The first-order valence-electron chi connectivity index (χ1n) is 8.85. The molecule has 22 heavy (non-hydrogen) atoms. The van der Waals surface area contributed by atoms with Crippen LogP contribution in [0.1, 0.15) is 65.2 Å². The fourth-order valence-electron chi connectivity index (χ4n) is 6.17. The zero-order valence-corrected chi connectivity index (χ0v) is 13.8. The van der Waals surface area contributed by atoms with Gasteiger partial charge in [-0.3, -0.25) is 9.59 Å². The number of carbonyl (C=O) groups excluding carboxylic acids is 2. The monoisotopic (exact) mass is 301 g/mol. The van der Waals surface area contributed by atoms with Crippen LogP contribution < -0.4 is 5.73 Å². The van der Waals surface area contributed by atoms with E-state index >= 15 is 0 Å². The van der Waals surface area contributed by atoms with Crippen LogP contribution in [-0.4, -0.2) is 17.1 Å². The molecule has 0 unspecified atom stereocenters. The molecule has 120 valence electrons. The van der Waals surface area contributed by atoms with Gasteiger partial charge in [0.1, 0.15) is 11.6 Å². The van der Waals surface area contributed by atoms with Gasteiger partial charge in [-0.25, -0.2) is 0 Å². The zero-order valence-electron chi connectivity index (χ0n) is 13.8. The molecule has 4 aliphatic rings. The molecule has 3 fully saturated rings. The zero-order chi connectivity index (χ0) is 15.8. The number of hydrogen-bond acceptors (Lipinski definition) is 3. The summed E-state index contributed by atoms with van der Waals surface area (Å²) in [5.41, 5.74) is 7.72. The van der Waals surface area contributed by atoms with E-state index in [4.69, 9.17) is 5.73 Å². The van der Waals surface area contributed by atoms with E-state index in [0.717, 1.165) is 38.5 Å². The minimum atomic E-state index is -0.360. The van der Waals surface area contributed by atoms with Crippen molar-refractivity contribution in [2.24, 2.45) is 28.4 Å². The second-order valence-corrected chi connectivity index (χ2v) is 8.70. The SMILES string of the molecule is C[C@@]12CC=C3[C@@H](CC[C@]4(N)CC(=O)CC[C@@]34C)[C@H]1CCC2=O. The van der Waals surface area contributed by atoms with Gasteiger partial charge < -0.3 is 5.73 Å². The standard InChI is InChI=1S/C19H27NO2/c1-17-8-7-15-13(14(17)3-4-16(17)22)6-10-19(20)11-12(21)5-9-18(15,19)2/h7,13-14H,3-6,8-11,20H2,1-2H3/t13-,14+,17+,18-,19-/m0/s1. The molecule has 3 heteroatoms. The van der Waals surface area contributed by atoms with Gasteiger partial charge in [-0.1, -0.05) is 25.5 Å². The van der Waals surface area contributed by atoms with Crippen molar-refractivity contribution in [2.75, 3.05) is 0 Å². The maximum absolute atomic E-state index is 12.4. The fraction of sp³-hybridized carbons (Fsp3) is 0.789. The summed E-state index contributed by atoms with van der Waals surface area (Å²) >= 11 is 0. The predicted octanol–water partition coefficient (Wildman–Crippen LogP) is 3.17. The van der Waals surface area contributed by atoms with Crippen LogP contribution in [0, 0.1) is 22.7 Å². The molecule has 5 atom stereocenters. The molecule has 0 amide bonds. The van der Waals surface area contributed by atoms with Crippen LogP contribution in [0.3, 0.4) is 0 Å². The lowest BCUT2D eigenvalue weighted by Gasteiger charge is -2.59. The maximum atomic E-state index is 12.4. The highest BCUT2D eigenvalue weighted by Crippen LogP contribution is 2.63. The average Bonchev–Trinajstić information content (AvgIpc) is 2.76. The van der Waals surface area contributed by atoms with Crippen LogP contribution >= 0.6 is 0 Å². The van der Waals surface area contributed by atoms with Crippen LogP contribution in [0.15, 0.2) is 11.6 Å². The normalized spacial score (nSPS) is 51.0. The Labute approximate surface area is 132 Å². The van der Waals surface area contributed by atoms with Gasteiger partial charge in [-0.15, -0.1) is 0 Å².